The van der Waals surface area contributed by atoms with E-state index in [4.69, 9.17) is 9.84 Å². The third kappa shape index (κ3) is 6.76. The van der Waals surface area contributed by atoms with Crippen LogP contribution in [0.5, 0.6) is 0 Å². The average Bonchev–Trinajstić information content (AvgIpc) is 1.99. The molecule has 0 aromatic rings. The van der Waals surface area contributed by atoms with Crippen LogP contribution in [-0.2, 0) is 9.53 Å². The highest BCUT2D eigenvalue weighted by Crippen LogP contribution is 2.10. The molecule has 0 fully saturated rings. The highest BCUT2D eigenvalue weighted by molar-refractivity contribution is 5.80. The van der Waals surface area contributed by atoms with Crippen molar-refractivity contribution in [1.29, 1.82) is 0 Å². The van der Waals surface area contributed by atoms with Crippen molar-refractivity contribution in [3.63, 3.8) is 0 Å². The van der Waals surface area contributed by atoms with Crippen molar-refractivity contribution in [2.75, 3.05) is 0 Å². The van der Waals surface area contributed by atoms with Gasteiger partial charge >= 0.3 is 12.1 Å². The number of hydrogen-bond donors (Lipinski definition) is 2. The van der Waals surface area contributed by atoms with Crippen LogP contribution < -0.4 is 5.32 Å². The molecule has 0 spiro atoms. The lowest BCUT2D eigenvalue weighted by molar-refractivity contribution is -0.157. The third-order valence-corrected chi connectivity index (χ3v) is 1.57. The average molecular weight is 217 g/mol. The number of ether oxygens (including phenoxy) is 1. The predicted octanol–water partition coefficient (Wildman–Crippen LogP) is 1.76. The molecule has 0 rings (SSSR count). The Balaban J connectivity index is 4.35. The van der Waals surface area contributed by atoms with Crippen LogP contribution in [0.3, 0.4) is 0 Å². The molecule has 0 bridgehead atoms. The summed E-state index contributed by atoms with van der Waals surface area (Å²) in [5, 5.41) is 10.7. The van der Waals surface area contributed by atoms with E-state index in [0.717, 1.165) is 0 Å². The van der Waals surface area contributed by atoms with Crippen molar-refractivity contribution >= 4 is 12.1 Å². The summed E-state index contributed by atoms with van der Waals surface area (Å²) >= 11 is 0. The molecule has 1 unspecified atom stereocenters. The van der Waals surface area contributed by atoms with Crippen LogP contribution >= 0.6 is 0 Å². The normalized spacial score (nSPS) is 13.1. The number of hydrogen-bond acceptors (Lipinski definition) is 3. The summed E-state index contributed by atoms with van der Waals surface area (Å²) in [6, 6.07) is -0.772. The van der Waals surface area contributed by atoms with E-state index >= 15 is 0 Å². The maximum atomic E-state index is 11.5. The molecule has 0 radical (unpaired) electrons. The number of rotatable bonds is 4. The summed E-state index contributed by atoms with van der Waals surface area (Å²) in [5.41, 5.74) is -0.594. The number of esters is 1. The molecule has 0 saturated carbocycles. The molecule has 88 valence electrons. The highest BCUT2D eigenvalue weighted by Gasteiger charge is 2.25. The number of carbonyl (C=O) groups excluding carboxylic acids is 1. The van der Waals surface area contributed by atoms with Gasteiger partial charge in [0.25, 0.3) is 0 Å². The Morgan fingerprint density at radius 2 is 1.93 bits per heavy atom. The van der Waals surface area contributed by atoms with Gasteiger partial charge in [-0.1, -0.05) is 13.3 Å². The van der Waals surface area contributed by atoms with Gasteiger partial charge in [0.05, 0.1) is 0 Å². The lowest BCUT2D eigenvalue weighted by atomic mass is 10.1. The largest absolute Gasteiger partial charge is 0.465 e. The van der Waals surface area contributed by atoms with E-state index in [1.165, 1.54) is 0 Å². The fraction of sp³-hybridized carbons (Fsp3) is 0.800. The molecule has 0 aliphatic carbocycles. The van der Waals surface area contributed by atoms with E-state index in [-0.39, 0.29) is 0 Å². The van der Waals surface area contributed by atoms with Crippen LogP contribution in [0.25, 0.3) is 0 Å². The summed E-state index contributed by atoms with van der Waals surface area (Å²) in [4.78, 5) is 22.0. The summed E-state index contributed by atoms with van der Waals surface area (Å²) in [6.45, 7) is 7.11. The molecule has 2 N–H and O–H groups in total. The van der Waals surface area contributed by atoms with E-state index in [1.54, 1.807) is 20.8 Å². The first-order chi connectivity index (χ1) is 6.76. The van der Waals surface area contributed by atoms with Crippen molar-refractivity contribution in [3.05, 3.63) is 0 Å². The molecule has 15 heavy (non-hydrogen) atoms. The molecule has 1 atom stereocenters. The van der Waals surface area contributed by atoms with E-state index in [9.17, 15) is 9.59 Å². The Morgan fingerprint density at radius 3 is 2.27 bits per heavy atom. The van der Waals surface area contributed by atoms with Gasteiger partial charge in [-0.25, -0.2) is 9.59 Å². The monoisotopic (exact) mass is 217 g/mol. The van der Waals surface area contributed by atoms with Gasteiger partial charge in [-0.05, 0) is 27.2 Å². The number of carboxylic acid groups (broad SMARTS) is 1. The first-order valence-corrected chi connectivity index (χ1v) is 4.98. The molecule has 5 heteroatoms. The molecular weight excluding hydrogens is 198 g/mol. The Kier molecular flexibility index (Phi) is 5.11. The van der Waals surface area contributed by atoms with Gasteiger partial charge in [-0.3, -0.25) is 0 Å². The fourth-order valence-electron chi connectivity index (χ4n) is 1.06. The van der Waals surface area contributed by atoms with Crippen molar-refractivity contribution in [1.82, 2.24) is 5.32 Å². The summed E-state index contributed by atoms with van der Waals surface area (Å²) in [7, 11) is 0. The van der Waals surface area contributed by atoms with E-state index < -0.39 is 23.7 Å². The third-order valence-electron chi connectivity index (χ3n) is 1.57. The van der Waals surface area contributed by atoms with Gasteiger partial charge in [0.1, 0.15) is 11.6 Å². The van der Waals surface area contributed by atoms with Crippen molar-refractivity contribution in [2.24, 2.45) is 0 Å². The lowest BCUT2D eigenvalue weighted by Crippen LogP contribution is -2.43. The van der Waals surface area contributed by atoms with Crippen LogP contribution in [0.1, 0.15) is 40.5 Å². The SMILES string of the molecule is CCCC(NC(=O)O)C(=O)OC(C)(C)C. The molecule has 0 aromatic carbocycles. The maximum absolute atomic E-state index is 11.5. The number of nitrogens with one attached hydrogen (secondary N) is 1. The minimum atomic E-state index is -1.21. The summed E-state index contributed by atoms with van der Waals surface area (Å²) in [6.07, 6.45) is -0.0508. The fourth-order valence-corrected chi connectivity index (χ4v) is 1.06. The molecule has 0 aliphatic rings. The smallest absolute Gasteiger partial charge is 0.405 e. The molecule has 0 saturated heterocycles. The van der Waals surface area contributed by atoms with E-state index in [0.29, 0.717) is 12.8 Å². The minimum Gasteiger partial charge on any atom is -0.465 e. The second kappa shape index (κ2) is 5.58. The van der Waals surface area contributed by atoms with Gasteiger partial charge in [0, 0.05) is 0 Å². The van der Waals surface area contributed by atoms with Gasteiger partial charge in [0.2, 0.25) is 0 Å². The number of amides is 1. The summed E-state index contributed by atoms with van der Waals surface area (Å²) < 4.78 is 5.09. The standard InChI is InChI=1S/C10H19NO4/c1-5-6-7(11-9(13)14)8(12)15-10(2,3)4/h7,11H,5-6H2,1-4H3,(H,13,14). The van der Waals surface area contributed by atoms with Crippen LogP contribution in [0.4, 0.5) is 4.79 Å². The Morgan fingerprint density at radius 1 is 1.40 bits per heavy atom. The lowest BCUT2D eigenvalue weighted by Gasteiger charge is -2.23. The zero-order valence-electron chi connectivity index (χ0n) is 9.66. The van der Waals surface area contributed by atoms with Crippen molar-refractivity contribution in [3.8, 4) is 0 Å². The second-order valence-corrected chi connectivity index (χ2v) is 4.32. The zero-order valence-corrected chi connectivity index (χ0v) is 9.66. The molecule has 5 nitrogen and oxygen atoms in total. The van der Waals surface area contributed by atoms with Gasteiger partial charge < -0.3 is 15.2 Å². The second-order valence-electron chi connectivity index (χ2n) is 4.32. The highest BCUT2D eigenvalue weighted by atomic mass is 16.6. The first-order valence-electron chi connectivity index (χ1n) is 4.98. The number of carbonyl (C=O) groups is 2. The molecule has 0 aliphatic heterocycles. The Hall–Kier alpha value is -1.26. The zero-order chi connectivity index (χ0) is 12.1. The van der Waals surface area contributed by atoms with Crippen LogP contribution in [0.15, 0.2) is 0 Å². The first kappa shape index (κ1) is 13.7. The Labute approximate surface area is 89.8 Å². The minimum absolute atomic E-state index is 0.446. The maximum Gasteiger partial charge on any atom is 0.405 e. The van der Waals surface area contributed by atoms with Gasteiger partial charge in [0.15, 0.2) is 0 Å². The molecular formula is C10H19NO4. The topological polar surface area (TPSA) is 75.6 Å². The molecule has 0 heterocycles. The van der Waals surface area contributed by atoms with Crippen LogP contribution in [-0.4, -0.2) is 28.8 Å². The molecule has 1 amide bonds. The van der Waals surface area contributed by atoms with Crippen LogP contribution in [0.2, 0.25) is 0 Å². The van der Waals surface area contributed by atoms with Crippen molar-refractivity contribution < 1.29 is 19.4 Å². The van der Waals surface area contributed by atoms with E-state index in [2.05, 4.69) is 5.32 Å². The van der Waals surface area contributed by atoms with E-state index in [1.807, 2.05) is 6.92 Å². The quantitative estimate of drug-likeness (QED) is 0.703. The van der Waals surface area contributed by atoms with Crippen LogP contribution in [0, 0.1) is 0 Å². The van der Waals surface area contributed by atoms with Crippen molar-refractivity contribution in [2.45, 2.75) is 52.2 Å². The van der Waals surface area contributed by atoms with Gasteiger partial charge in [-0.2, -0.15) is 0 Å². The van der Waals surface area contributed by atoms with Gasteiger partial charge in [-0.15, -0.1) is 0 Å². The molecule has 0 aromatic heterocycles. The summed E-state index contributed by atoms with van der Waals surface area (Å²) in [5.74, 6) is -0.522. The Bertz CT molecular complexity index is 232. The predicted molar refractivity (Wildman–Crippen MR) is 55.7 cm³/mol.